The molecule has 142 valence electrons. The second kappa shape index (κ2) is 7.87. The maximum atomic E-state index is 9.55. The predicted molar refractivity (Wildman–Crippen MR) is 114 cm³/mol. The molecule has 0 aliphatic rings. The Bertz CT molecular complexity index is 848. The van der Waals surface area contributed by atoms with E-state index in [2.05, 4.69) is 53.3 Å². The van der Waals surface area contributed by atoms with Gasteiger partial charge in [0.05, 0.1) is 0 Å². The fourth-order valence-corrected chi connectivity index (χ4v) is 3.11. The van der Waals surface area contributed by atoms with Crippen molar-refractivity contribution in [3.8, 4) is 11.5 Å². The molecule has 2 heteroatoms. The highest BCUT2D eigenvalue weighted by atomic mass is 16.3. The Hall–Kier alpha value is -2.74. The van der Waals surface area contributed by atoms with Gasteiger partial charge in [0.15, 0.2) is 0 Å². The van der Waals surface area contributed by atoms with E-state index in [4.69, 9.17) is 0 Å². The summed E-state index contributed by atoms with van der Waals surface area (Å²) in [6, 6.07) is 14.7. The fourth-order valence-electron chi connectivity index (χ4n) is 3.11. The van der Waals surface area contributed by atoms with Crippen LogP contribution >= 0.6 is 0 Å². The van der Waals surface area contributed by atoms with Crippen LogP contribution in [0, 0.1) is 0 Å². The van der Waals surface area contributed by atoms with Crippen LogP contribution in [-0.4, -0.2) is 10.2 Å². The second-order valence-electron chi connectivity index (χ2n) is 8.02. The van der Waals surface area contributed by atoms with Crippen molar-refractivity contribution in [2.24, 2.45) is 0 Å². The highest BCUT2D eigenvalue weighted by Gasteiger charge is 2.25. The lowest BCUT2D eigenvalue weighted by Crippen LogP contribution is -2.20. The van der Waals surface area contributed by atoms with Gasteiger partial charge in [0.2, 0.25) is 0 Å². The van der Waals surface area contributed by atoms with Crippen LogP contribution in [0.15, 0.2) is 84.5 Å². The largest absolute Gasteiger partial charge is 0.508 e. The molecule has 2 rings (SSSR count). The number of hydrogen-bond donors (Lipinski definition) is 2. The average molecular weight is 363 g/mol. The third-order valence-electron chi connectivity index (χ3n) is 5.62. The van der Waals surface area contributed by atoms with Crippen molar-refractivity contribution in [1.29, 1.82) is 0 Å². The quantitative estimate of drug-likeness (QED) is 0.583. The van der Waals surface area contributed by atoms with Gasteiger partial charge in [-0.25, -0.2) is 0 Å². The van der Waals surface area contributed by atoms with Gasteiger partial charge in [-0.05, 0) is 47.9 Å². The van der Waals surface area contributed by atoms with Crippen molar-refractivity contribution in [3.05, 3.63) is 95.6 Å². The zero-order valence-corrected chi connectivity index (χ0v) is 17.0. The van der Waals surface area contributed by atoms with Gasteiger partial charge in [-0.15, -0.1) is 0 Å². The lowest BCUT2D eigenvalue weighted by molar-refractivity contribution is 0.473. The first-order valence-corrected chi connectivity index (χ1v) is 9.20. The molecule has 0 unspecified atom stereocenters. The summed E-state index contributed by atoms with van der Waals surface area (Å²) in [7, 11) is 0. The van der Waals surface area contributed by atoms with Gasteiger partial charge in [0.25, 0.3) is 0 Å². The molecule has 2 aromatic rings. The molecule has 27 heavy (non-hydrogen) atoms. The molecule has 2 aromatic carbocycles. The van der Waals surface area contributed by atoms with Gasteiger partial charge in [0.1, 0.15) is 11.5 Å². The normalized spacial score (nSPS) is 13.5. The first-order chi connectivity index (χ1) is 12.6. The summed E-state index contributed by atoms with van der Waals surface area (Å²) in [6.45, 7) is 14.8. The number of rotatable bonds is 6. The monoisotopic (exact) mass is 362 g/mol. The van der Waals surface area contributed by atoms with E-state index in [9.17, 15) is 10.2 Å². The highest BCUT2D eigenvalue weighted by molar-refractivity contribution is 5.44. The van der Waals surface area contributed by atoms with Gasteiger partial charge in [-0.1, -0.05) is 82.3 Å². The van der Waals surface area contributed by atoms with Gasteiger partial charge in [0, 0.05) is 10.8 Å². The summed E-state index contributed by atoms with van der Waals surface area (Å²) in [5.74, 6) is 0.547. The van der Waals surface area contributed by atoms with Crippen LogP contribution in [-0.2, 0) is 10.8 Å². The van der Waals surface area contributed by atoms with Crippen LogP contribution in [0.5, 0.6) is 11.5 Å². The Kier molecular flexibility index (Phi) is 6.00. The highest BCUT2D eigenvalue weighted by Crippen LogP contribution is 2.35. The van der Waals surface area contributed by atoms with E-state index in [1.165, 1.54) is 5.57 Å². The lowest BCUT2D eigenvalue weighted by Gasteiger charge is -2.28. The third kappa shape index (κ3) is 4.51. The summed E-state index contributed by atoms with van der Waals surface area (Å²) < 4.78 is 0. The van der Waals surface area contributed by atoms with Crippen molar-refractivity contribution in [2.45, 2.75) is 45.4 Å². The van der Waals surface area contributed by atoms with Gasteiger partial charge in [-0.3, -0.25) is 0 Å². The van der Waals surface area contributed by atoms with E-state index < -0.39 is 0 Å². The number of aromatic hydroxyl groups is 2. The van der Waals surface area contributed by atoms with E-state index >= 15 is 0 Å². The molecule has 0 amide bonds. The molecule has 0 aliphatic heterocycles. The van der Waals surface area contributed by atoms with Crippen LogP contribution in [0.1, 0.15) is 45.7 Å². The van der Waals surface area contributed by atoms with Crippen molar-refractivity contribution in [1.82, 2.24) is 0 Å². The Labute approximate surface area is 163 Å². The fraction of sp³-hybridized carbons (Fsp3) is 0.280. The summed E-state index contributed by atoms with van der Waals surface area (Å²) in [6.07, 6.45) is 6.16. The summed E-state index contributed by atoms with van der Waals surface area (Å²) >= 11 is 0. The molecular formula is C25H30O2. The molecule has 0 saturated heterocycles. The van der Waals surface area contributed by atoms with Crippen LogP contribution in [0.2, 0.25) is 0 Å². The van der Waals surface area contributed by atoms with E-state index in [0.29, 0.717) is 0 Å². The minimum atomic E-state index is -0.227. The number of benzene rings is 2. The molecule has 2 N–H and O–H groups in total. The zero-order chi connectivity index (χ0) is 20.2. The standard InChI is InChI=1S/C25H30O2/c1-7-19(25(5,6)21-12-16-23(27)17-13-21)9-8-18(2)24(3,4)20-10-14-22(26)15-11-20/h7-17,26-27H,1H2,2-6H3. The first-order valence-electron chi connectivity index (χ1n) is 9.20. The summed E-state index contributed by atoms with van der Waals surface area (Å²) in [4.78, 5) is 0. The maximum Gasteiger partial charge on any atom is 0.115 e. The second-order valence-corrected chi connectivity index (χ2v) is 8.02. The number of phenolic OH excluding ortho intramolecular Hbond substituents is 2. The van der Waals surface area contributed by atoms with E-state index in [1.807, 2.05) is 30.3 Å². The number of phenols is 2. The molecule has 0 radical (unpaired) electrons. The smallest absolute Gasteiger partial charge is 0.115 e. The third-order valence-corrected chi connectivity index (χ3v) is 5.62. The Balaban J connectivity index is 2.37. The molecule has 0 spiro atoms. The SMILES string of the molecule is C=CC(=CC=C(C)C(C)(C)c1ccc(O)cc1)C(C)(C)c1ccc(O)cc1. The average Bonchev–Trinajstić information content (AvgIpc) is 2.62. The van der Waals surface area contributed by atoms with Gasteiger partial charge >= 0.3 is 0 Å². The van der Waals surface area contributed by atoms with E-state index in [-0.39, 0.29) is 22.3 Å². The van der Waals surface area contributed by atoms with Crippen molar-refractivity contribution in [2.75, 3.05) is 0 Å². The lowest BCUT2D eigenvalue weighted by atomic mass is 9.76. The predicted octanol–water partition coefficient (Wildman–Crippen LogP) is 6.41. The van der Waals surface area contributed by atoms with Gasteiger partial charge in [-0.2, -0.15) is 0 Å². The molecule has 0 fully saturated rings. The number of hydrogen-bond acceptors (Lipinski definition) is 2. The van der Waals surface area contributed by atoms with Crippen molar-refractivity contribution < 1.29 is 10.2 Å². The molecule has 0 bridgehead atoms. The summed E-state index contributed by atoms with van der Waals surface area (Å²) in [5, 5.41) is 19.1. The molecule has 0 heterocycles. The van der Waals surface area contributed by atoms with Crippen LogP contribution in [0.25, 0.3) is 0 Å². The molecular weight excluding hydrogens is 332 g/mol. The Morgan fingerprint density at radius 2 is 1.15 bits per heavy atom. The number of allylic oxidation sites excluding steroid dienone is 5. The minimum Gasteiger partial charge on any atom is -0.508 e. The Morgan fingerprint density at radius 3 is 1.56 bits per heavy atom. The van der Waals surface area contributed by atoms with Gasteiger partial charge < -0.3 is 10.2 Å². The summed E-state index contributed by atoms with van der Waals surface area (Å²) in [5.41, 5.74) is 4.22. The van der Waals surface area contributed by atoms with Crippen LogP contribution < -0.4 is 0 Å². The molecule has 2 nitrogen and oxygen atoms in total. The molecule has 0 saturated carbocycles. The minimum absolute atomic E-state index is 0.154. The van der Waals surface area contributed by atoms with Crippen LogP contribution in [0.3, 0.4) is 0 Å². The maximum absolute atomic E-state index is 9.55. The molecule has 0 atom stereocenters. The van der Waals surface area contributed by atoms with E-state index in [1.54, 1.807) is 24.3 Å². The van der Waals surface area contributed by atoms with Crippen molar-refractivity contribution in [3.63, 3.8) is 0 Å². The van der Waals surface area contributed by atoms with E-state index in [0.717, 1.165) is 16.7 Å². The molecule has 0 aromatic heterocycles. The molecule has 0 aliphatic carbocycles. The Morgan fingerprint density at radius 1 is 0.741 bits per heavy atom. The van der Waals surface area contributed by atoms with Crippen molar-refractivity contribution >= 4 is 0 Å². The zero-order valence-electron chi connectivity index (χ0n) is 17.0. The van der Waals surface area contributed by atoms with Crippen LogP contribution in [0.4, 0.5) is 0 Å². The topological polar surface area (TPSA) is 40.5 Å². The first kappa shape index (κ1) is 20.6.